The molecule has 1 amide bonds. The van der Waals surface area contributed by atoms with Gasteiger partial charge in [0.15, 0.2) is 0 Å². The van der Waals surface area contributed by atoms with Gasteiger partial charge in [-0.1, -0.05) is 29.8 Å². The van der Waals surface area contributed by atoms with Gasteiger partial charge >= 0.3 is 0 Å². The summed E-state index contributed by atoms with van der Waals surface area (Å²) < 4.78 is 13.6. The number of methoxy groups -OCH3 is 1. The minimum atomic E-state index is -0.607. The number of fused-ring (bicyclic) bond motifs is 3. The first kappa shape index (κ1) is 22.1. The predicted molar refractivity (Wildman–Crippen MR) is 124 cm³/mol. The van der Waals surface area contributed by atoms with Gasteiger partial charge in [0.25, 0.3) is 5.56 Å². The Balaban J connectivity index is 1.95. The summed E-state index contributed by atoms with van der Waals surface area (Å²) in [4.78, 5) is 25.1. The maximum atomic E-state index is 12.5. The van der Waals surface area contributed by atoms with Gasteiger partial charge in [-0.2, -0.15) is 0 Å². The summed E-state index contributed by atoms with van der Waals surface area (Å²) in [5, 5.41) is 3.46. The molecule has 4 rings (SSSR count). The van der Waals surface area contributed by atoms with Crippen molar-refractivity contribution in [3.05, 3.63) is 86.8 Å². The Bertz CT molecular complexity index is 1200. The van der Waals surface area contributed by atoms with Crippen molar-refractivity contribution >= 4 is 17.5 Å². The van der Waals surface area contributed by atoms with Gasteiger partial charge in [0, 0.05) is 36.4 Å². The molecule has 1 aliphatic rings. The summed E-state index contributed by atoms with van der Waals surface area (Å²) in [6, 6.07) is 14.8. The second kappa shape index (κ2) is 9.18. The van der Waals surface area contributed by atoms with Crippen LogP contribution >= 0.6 is 11.6 Å². The van der Waals surface area contributed by atoms with E-state index in [9.17, 15) is 9.59 Å². The highest BCUT2D eigenvalue weighted by Crippen LogP contribution is 2.46. The van der Waals surface area contributed by atoms with Gasteiger partial charge in [-0.15, -0.1) is 0 Å². The highest BCUT2D eigenvalue weighted by Gasteiger charge is 2.32. The molecule has 2 atom stereocenters. The van der Waals surface area contributed by atoms with E-state index in [0.717, 1.165) is 22.3 Å². The largest absolute Gasteiger partial charge is 0.497 e. The number of aromatic nitrogens is 1. The van der Waals surface area contributed by atoms with Crippen LogP contribution in [0.15, 0.2) is 59.5 Å². The molecule has 2 aromatic carbocycles. The minimum Gasteiger partial charge on any atom is -0.497 e. The predicted octanol–water partition coefficient (Wildman–Crippen LogP) is 4.40. The lowest BCUT2D eigenvalue weighted by molar-refractivity contribution is -0.124. The number of hydrogen-bond acceptors (Lipinski definition) is 4. The van der Waals surface area contributed by atoms with Crippen LogP contribution in [0.4, 0.5) is 0 Å². The molecule has 0 bridgehead atoms. The van der Waals surface area contributed by atoms with Crippen molar-refractivity contribution in [1.29, 1.82) is 0 Å². The number of carbonyl (C=O) groups excluding carboxylic acids is 1. The average Bonchev–Trinajstić information content (AvgIpc) is 2.90. The van der Waals surface area contributed by atoms with E-state index in [1.807, 2.05) is 49.4 Å². The maximum Gasteiger partial charge on any atom is 0.250 e. The van der Waals surface area contributed by atoms with Crippen LogP contribution in [-0.4, -0.2) is 24.1 Å². The van der Waals surface area contributed by atoms with E-state index in [1.165, 1.54) is 0 Å². The summed E-state index contributed by atoms with van der Waals surface area (Å²) in [6.07, 6.45) is 0.818. The Labute approximate surface area is 191 Å². The molecule has 6 nitrogen and oxygen atoms in total. The molecule has 1 aromatic heterocycles. The standard InChI is InChI=1S/C25H25ClN2O4/c1-4-27-23(29)13-22-19-12-24(30)28(2)14-21(19)18-10-9-17(31-3)11-20(18)25(32-22)15-5-7-16(26)8-6-15/h5-12,14,22,25H,4,13H2,1-3H3,(H,27,29)/t22-,25-/m0/s1. The molecule has 1 N–H and O–H groups in total. The van der Waals surface area contributed by atoms with Crippen molar-refractivity contribution in [3.63, 3.8) is 0 Å². The van der Waals surface area contributed by atoms with Crippen molar-refractivity contribution in [1.82, 2.24) is 9.88 Å². The summed E-state index contributed by atoms with van der Waals surface area (Å²) in [5.41, 5.74) is 4.11. The third kappa shape index (κ3) is 4.29. The fraction of sp³-hybridized carbons (Fsp3) is 0.280. The summed E-state index contributed by atoms with van der Waals surface area (Å²) >= 11 is 6.12. The lowest BCUT2D eigenvalue weighted by atomic mass is 9.91. The Morgan fingerprint density at radius 2 is 1.88 bits per heavy atom. The summed E-state index contributed by atoms with van der Waals surface area (Å²) in [6.45, 7) is 2.39. The van der Waals surface area contributed by atoms with Crippen LogP contribution in [0.25, 0.3) is 11.1 Å². The van der Waals surface area contributed by atoms with E-state index < -0.39 is 12.2 Å². The molecule has 3 aromatic rings. The molecule has 2 heterocycles. The van der Waals surface area contributed by atoms with Gasteiger partial charge in [-0.3, -0.25) is 9.59 Å². The van der Waals surface area contributed by atoms with E-state index in [1.54, 1.807) is 31.0 Å². The quantitative estimate of drug-likeness (QED) is 0.623. The SMILES string of the molecule is CCNC(=O)C[C@@H]1O[C@@H](c2ccc(Cl)cc2)c2cc(OC)ccc2-c2cn(C)c(=O)cc21. The van der Waals surface area contributed by atoms with E-state index in [2.05, 4.69) is 5.32 Å². The molecule has 0 radical (unpaired) electrons. The number of aryl methyl sites for hydroxylation is 1. The van der Waals surface area contributed by atoms with Gasteiger partial charge in [0.05, 0.1) is 19.6 Å². The molecule has 0 fully saturated rings. The Morgan fingerprint density at radius 1 is 1.12 bits per heavy atom. The molecule has 0 saturated heterocycles. The first-order valence-electron chi connectivity index (χ1n) is 10.5. The Kier molecular flexibility index (Phi) is 6.35. The smallest absolute Gasteiger partial charge is 0.250 e. The number of ether oxygens (including phenoxy) is 2. The number of hydrogen-bond donors (Lipinski definition) is 1. The van der Waals surface area contributed by atoms with Crippen LogP contribution in [0, 0.1) is 0 Å². The number of amides is 1. The normalized spacial score (nSPS) is 17.1. The van der Waals surface area contributed by atoms with E-state index in [-0.39, 0.29) is 17.9 Å². The number of nitrogens with one attached hydrogen (secondary N) is 1. The van der Waals surface area contributed by atoms with Crippen molar-refractivity contribution in [2.75, 3.05) is 13.7 Å². The lowest BCUT2D eigenvalue weighted by Crippen LogP contribution is -2.26. The third-order valence-corrected chi connectivity index (χ3v) is 5.91. The number of halogens is 1. The topological polar surface area (TPSA) is 69.6 Å². The van der Waals surface area contributed by atoms with Gasteiger partial charge in [-0.25, -0.2) is 0 Å². The molecule has 32 heavy (non-hydrogen) atoms. The Hall–Kier alpha value is -3.09. The van der Waals surface area contributed by atoms with Crippen molar-refractivity contribution < 1.29 is 14.3 Å². The number of benzene rings is 2. The van der Waals surface area contributed by atoms with Gasteiger partial charge < -0.3 is 19.4 Å². The zero-order valence-electron chi connectivity index (χ0n) is 18.2. The molecule has 0 spiro atoms. The maximum absolute atomic E-state index is 12.5. The Morgan fingerprint density at radius 3 is 2.56 bits per heavy atom. The van der Waals surface area contributed by atoms with Gasteiger partial charge in [0.2, 0.25) is 5.91 Å². The van der Waals surface area contributed by atoms with E-state index >= 15 is 0 Å². The molecule has 0 aliphatic carbocycles. The zero-order valence-corrected chi connectivity index (χ0v) is 19.0. The molecule has 7 heteroatoms. The number of nitrogens with zero attached hydrogens (tertiary/aromatic N) is 1. The minimum absolute atomic E-state index is 0.100. The number of pyridine rings is 1. The summed E-state index contributed by atoms with van der Waals surface area (Å²) in [7, 11) is 3.33. The summed E-state index contributed by atoms with van der Waals surface area (Å²) in [5.74, 6) is 0.558. The zero-order chi connectivity index (χ0) is 22.8. The fourth-order valence-electron chi connectivity index (χ4n) is 4.07. The highest BCUT2D eigenvalue weighted by atomic mass is 35.5. The molecule has 1 aliphatic heterocycles. The van der Waals surface area contributed by atoms with Gasteiger partial charge in [0.1, 0.15) is 11.9 Å². The number of carbonyl (C=O) groups is 1. The first-order chi connectivity index (χ1) is 15.4. The van der Waals surface area contributed by atoms with Crippen molar-refractivity contribution in [2.24, 2.45) is 7.05 Å². The van der Waals surface area contributed by atoms with E-state index in [4.69, 9.17) is 21.1 Å². The molecule has 0 saturated carbocycles. The molecular weight excluding hydrogens is 428 g/mol. The van der Waals surface area contributed by atoms with Crippen LogP contribution < -0.4 is 15.6 Å². The fourth-order valence-corrected chi connectivity index (χ4v) is 4.19. The average molecular weight is 453 g/mol. The second-order valence-corrected chi connectivity index (χ2v) is 8.20. The molecule has 0 unspecified atom stereocenters. The molecule has 166 valence electrons. The van der Waals surface area contributed by atoms with Crippen LogP contribution in [0.3, 0.4) is 0 Å². The van der Waals surface area contributed by atoms with Crippen LogP contribution in [0.2, 0.25) is 5.02 Å². The number of rotatable bonds is 5. The van der Waals surface area contributed by atoms with Crippen LogP contribution in [0.5, 0.6) is 5.75 Å². The van der Waals surface area contributed by atoms with E-state index in [0.29, 0.717) is 22.9 Å². The van der Waals surface area contributed by atoms with Gasteiger partial charge in [-0.05, 0) is 53.4 Å². The molecular formula is C25H25ClN2O4. The monoisotopic (exact) mass is 452 g/mol. The van der Waals surface area contributed by atoms with Crippen molar-refractivity contribution in [2.45, 2.75) is 25.6 Å². The van der Waals surface area contributed by atoms with Crippen LogP contribution in [0.1, 0.15) is 42.2 Å². The lowest BCUT2D eigenvalue weighted by Gasteiger charge is -2.24. The second-order valence-electron chi connectivity index (χ2n) is 7.76. The highest BCUT2D eigenvalue weighted by molar-refractivity contribution is 6.30. The third-order valence-electron chi connectivity index (χ3n) is 5.66. The van der Waals surface area contributed by atoms with Crippen molar-refractivity contribution in [3.8, 4) is 16.9 Å². The first-order valence-corrected chi connectivity index (χ1v) is 10.9. The van der Waals surface area contributed by atoms with Crippen LogP contribution in [-0.2, 0) is 16.6 Å².